The lowest BCUT2D eigenvalue weighted by Crippen LogP contribution is -2.45. The van der Waals surface area contributed by atoms with Crippen molar-refractivity contribution in [2.45, 2.75) is 76.2 Å². The molecule has 0 aliphatic heterocycles. The van der Waals surface area contributed by atoms with E-state index in [1.807, 2.05) is 30.3 Å². The average molecular weight is 781 g/mol. The number of carboxylic acid groups (broad SMARTS) is 2. The van der Waals surface area contributed by atoms with Crippen LogP contribution in [0.25, 0.3) is 10.9 Å². The van der Waals surface area contributed by atoms with E-state index < -0.39 is 24.3 Å². The maximum absolute atomic E-state index is 13.3. The number of nitrogens with zero attached hydrogens (tertiary/aromatic N) is 1. The number of H-pyrrole nitrogens is 1. The molecule has 0 atom stereocenters. The molecule has 1 saturated carbocycles. The van der Waals surface area contributed by atoms with Gasteiger partial charge in [-0.25, -0.2) is 9.59 Å². The maximum Gasteiger partial charge on any atom is 0.490 e. The minimum absolute atomic E-state index is 0.0800. The van der Waals surface area contributed by atoms with Gasteiger partial charge in [0.1, 0.15) is 5.75 Å². The number of halogens is 7. The van der Waals surface area contributed by atoms with Crippen molar-refractivity contribution in [3.63, 3.8) is 0 Å². The number of rotatable bonds is 13. The van der Waals surface area contributed by atoms with Crippen LogP contribution >= 0.6 is 11.6 Å². The number of hydrogen-bond donors (Lipinski definition) is 6. The number of phenols is 1. The molecular weight excluding hydrogens is 738 g/mol. The van der Waals surface area contributed by atoms with E-state index in [-0.39, 0.29) is 17.2 Å². The van der Waals surface area contributed by atoms with E-state index in [0.717, 1.165) is 61.3 Å². The Morgan fingerprint density at radius 3 is 1.89 bits per heavy atom. The molecule has 0 bridgehead atoms. The second-order valence-corrected chi connectivity index (χ2v) is 12.5. The number of carboxylic acids is 2. The summed E-state index contributed by atoms with van der Waals surface area (Å²) in [5, 5.41) is 32.9. The minimum atomic E-state index is -5.08. The van der Waals surface area contributed by atoms with Crippen molar-refractivity contribution < 1.29 is 56.0 Å². The van der Waals surface area contributed by atoms with Crippen molar-refractivity contribution in [1.82, 2.24) is 20.5 Å². The predicted molar refractivity (Wildman–Crippen MR) is 186 cm³/mol. The van der Waals surface area contributed by atoms with Crippen molar-refractivity contribution in [2.75, 3.05) is 32.7 Å². The summed E-state index contributed by atoms with van der Waals surface area (Å²) in [4.78, 5) is 47.6. The fourth-order valence-electron chi connectivity index (χ4n) is 5.49. The molecule has 0 unspecified atom stereocenters. The molecule has 1 aliphatic rings. The Labute approximate surface area is 306 Å². The quantitative estimate of drug-likeness (QED) is 0.0686. The molecule has 11 nitrogen and oxygen atoms in total. The van der Waals surface area contributed by atoms with Crippen molar-refractivity contribution in [3.8, 4) is 5.75 Å². The van der Waals surface area contributed by atoms with Gasteiger partial charge in [-0.2, -0.15) is 26.3 Å². The van der Waals surface area contributed by atoms with Crippen molar-refractivity contribution in [3.05, 3.63) is 75.0 Å². The van der Waals surface area contributed by atoms with Crippen LogP contribution in [0.1, 0.15) is 56.1 Å². The van der Waals surface area contributed by atoms with Crippen LogP contribution in [0, 0.1) is 0 Å². The Morgan fingerprint density at radius 2 is 1.32 bits per heavy atom. The standard InChI is InChI=1S/C31H41ClN4O3.2C2HF3O2/c32-25-10-7-23(8-11-25)15-18-33-20-17-30(39)36(26-5-3-1-2-4-6-26)22-21-34-19-16-24-9-13-28(37)31-27(24)12-14-29(38)35-31;2*3-2(4,5)1(6)7/h7-14,26,33-34,37H,1-6,15-22H2,(H,35,38);2*(H,6,7). The Morgan fingerprint density at radius 1 is 0.774 bits per heavy atom. The molecule has 53 heavy (non-hydrogen) atoms. The first-order valence-electron chi connectivity index (χ1n) is 16.8. The highest BCUT2D eigenvalue weighted by Crippen LogP contribution is 2.25. The van der Waals surface area contributed by atoms with Crippen molar-refractivity contribution in [2.24, 2.45) is 0 Å². The Kier molecular flexibility index (Phi) is 18.6. The molecule has 4 rings (SSSR count). The van der Waals surface area contributed by atoms with Gasteiger partial charge in [0.2, 0.25) is 11.5 Å². The van der Waals surface area contributed by atoms with Gasteiger partial charge < -0.3 is 35.8 Å². The van der Waals surface area contributed by atoms with Crippen LogP contribution in [0.3, 0.4) is 0 Å². The number of benzene rings is 2. The summed E-state index contributed by atoms with van der Waals surface area (Å²) in [5.74, 6) is -5.20. The molecule has 0 spiro atoms. The van der Waals surface area contributed by atoms with Gasteiger partial charge in [-0.15, -0.1) is 0 Å². The molecule has 1 heterocycles. The lowest BCUT2D eigenvalue weighted by molar-refractivity contribution is -0.193. The van der Waals surface area contributed by atoms with Gasteiger partial charge >= 0.3 is 24.3 Å². The summed E-state index contributed by atoms with van der Waals surface area (Å²) in [6.07, 6.45) is -0.903. The molecule has 2 aromatic carbocycles. The number of alkyl halides is 6. The highest BCUT2D eigenvalue weighted by molar-refractivity contribution is 6.30. The Balaban J connectivity index is 0.000000587. The fraction of sp³-hybridized carbons (Fsp3) is 0.486. The van der Waals surface area contributed by atoms with Gasteiger partial charge in [0, 0.05) is 48.6 Å². The van der Waals surface area contributed by atoms with Gasteiger partial charge in [-0.1, -0.05) is 55.5 Å². The first kappa shape index (κ1) is 44.8. The number of amides is 1. The van der Waals surface area contributed by atoms with E-state index in [0.29, 0.717) is 31.1 Å². The number of pyridine rings is 1. The van der Waals surface area contributed by atoms with Gasteiger partial charge in [0.15, 0.2) is 0 Å². The number of aromatic nitrogens is 1. The van der Waals surface area contributed by atoms with E-state index in [1.165, 1.54) is 37.3 Å². The first-order chi connectivity index (χ1) is 24.9. The SMILES string of the molecule is O=C(CCNCCc1ccc(Cl)cc1)N(CCNCCc1ccc(O)c2[nH]c(=O)ccc12)C1CCCCCC1.O=C(O)C(F)(F)F.O=C(O)C(F)(F)F. The van der Waals surface area contributed by atoms with E-state index in [2.05, 4.69) is 20.5 Å². The number of hydrogen-bond acceptors (Lipinski definition) is 7. The average Bonchev–Trinajstić information content (AvgIpc) is 3.37. The summed E-state index contributed by atoms with van der Waals surface area (Å²) < 4.78 is 63.5. The van der Waals surface area contributed by atoms with Crippen LogP contribution < -0.4 is 16.2 Å². The van der Waals surface area contributed by atoms with Crippen LogP contribution in [0.2, 0.25) is 5.02 Å². The number of aromatic amines is 1. The molecule has 3 aromatic rings. The zero-order chi connectivity index (χ0) is 39.6. The molecule has 294 valence electrons. The highest BCUT2D eigenvalue weighted by atomic mass is 35.5. The highest BCUT2D eigenvalue weighted by Gasteiger charge is 2.39. The molecule has 1 amide bonds. The zero-order valence-corrected chi connectivity index (χ0v) is 29.4. The summed E-state index contributed by atoms with van der Waals surface area (Å²) >= 11 is 5.97. The van der Waals surface area contributed by atoms with Crippen molar-refractivity contribution >= 4 is 40.3 Å². The monoisotopic (exact) mass is 780 g/mol. The largest absolute Gasteiger partial charge is 0.506 e. The number of aromatic hydroxyl groups is 1. The number of carbonyl (C=O) groups excluding carboxylic acids is 1. The lowest BCUT2D eigenvalue weighted by atomic mass is 10.0. The fourth-order valence-corrected chi connectivity index (χ4v) is 5.62. The number of aliphatic carboxylic acids is 2. The zero-order valence-electron chi connectivity index (χ0n) is 28.7. The second-order valence-electron chi connectivity index (χ2n) is 12.1. The number of carbonyl (C=O) groups is 3. The summed E-state index contributed by atoms with van der Waals surface area (Å²) in [7, 11) is 0. The van der Waals surface area contributed by atoms with Crippen molar-refractivity contribution in [1.29, 1.82) is 0 Å². The number of fused-ring (bicyclic) bond motifs is 1. The summed E-state index contributed by atoms with van der Waals surface area (Å²) in [6, 6.07) is 15.0. The minimum Gasteiger partial charge on any atom is -0.506 e. The van der Waals surface area contributed by atoms with Crippen LogP contribution in [-0.2, 0) is 27.2 Å². The lowest BCUT2D eigenvalue weighted by Gasteiger charge is -2.32. The summed E-state index contributed by atoms with van der Waals surface area (Å²) in [6.45, 7) is 3.70. The van der Waals surface area contributed by atoms with E-state index in [9.17, 15) is 41.0 Å². The van der Waals surface area contributed by atoms with Gasteiger partial charge in [0.25, 0.3) is 0 Å². The summed E-state index contributed by atoms with van der Waals surface area (Å²) in [5.41, 5.74) is 2.55. The first-order valence-corrected chi connectivity index (χ1v) is 17.2. The van der Waals surface area contributed by atoms with Gasteiger partial charge in [0.05, 0.1) is 5.52 Å². The molecule has 1 aliphatic carbocycles. The maximum atomic E-state index is 13.3. The molecular formula is C35H43ClF6N4O7. The number of phenolic OH excluding ortho intramolecular Hbond substituents is 1. The van der Waals surface area contributed by atoms with E-state index >= 15 is 0 Å². The molecule has 1 aromatic heterocycles. The van der Waals surface area contributed by atoms with Crippen LogP contribution in [0.4, 0.5) is 26.3 Å². The Hall–Kier alpha value is -4.35. The second kappa shape index (κ2) is 22.0. The topological polar surface area (TPSA) is 172 Å². The molecule has 0 saturated heterocycles. The van der Waals surface area contributed by atoms with Crippen LogP contribution in [0.5, 0.6) is 5.75 Å². The molecule has 0 radical (unpaired) electrons. The third-order valence-electron chi connectivity index (χ3n) is 8.15. The third kappa shape index (κ3) is 16.9. The molecule has 18 heteroatoms. The molecule has 1 fully saturated rings. The van der Waals surface area contributed by atoms with Crippen LogP contribution in [-0.4, -0.2) is 94.2 Å². The smallest absolute Gasteiger partial charge is 0.490 e. The molecule has 6 N–H and O–H groups in total. The third-order valence-corrected chi connectivity index (χ3v) is 8.41. The Bertz CT molecular complexity index is 1640. The van der Waals surface area contributed by atoms with E-state index in [1.54, 1.807) is 12.1 Å². The normalized spacial score (nSPS) is 13.6. The van der Waals surface area contributed by atoms with Gasteiger partial charge in [-0.05, 0) is 74.2 Å². The van der Waals surface area contributed by atoms with Crippen LogP contribution in [0.15, 0.2) is 53.3 Å². The number of nitrogens with one attached hydrogen (secondary N) is 3. The van der Waals surface area contributed by atoms with Gasteiger partial charge in [-0.3, -0.25) is 9.59 Å². The van der Waals surface area contributed by atoms with E-state index in [4.69, 9.17) is 31.4 Å². The predicted octanol–water partition coefficient (Wildman–Crippen LogP) is 6.06.